The highest BCUT2D eigenvalue weighted by molar-refractivity contribution is 5.86. The van der Waals surface area contributed by atoms with Crippen LogP contribution in [0.5, 0.6) is 5.75 Å². The van der Waals surface area contributed by atoms with Gasteiger partial charge < -0.3 is 19.9 Å². The molecule has 1 aromatic carbocycles. The van der Waals surface area contributed by atoms with Gasteiger partial charge in [-0.3, -0.25) is 4.79 Å². The molecule has 0 aliphatic rings. The number of amides is 1. The van der Waals surface area contributed by atoms with E-state index in [0.29, 0.717) is 0 Å². The predicted octanol–water partition coefficient (Wildman–Crippen LogP) is 0.948. The molecule has 0 bridgehead atoms. The number of hydrogen-bond acceptors (Lipinski definition) is 4. The Morgan fingerprint density at radius 3 is 2.52 bits per heavy atom. The van der Waals surface area contributed by atoms with E-state index in [1.807, 2.05) is 0 Å². The fourth-order valence-corrected chi connectivity index (χ4v) is 1.44. The van der Waals surface area contributed by atoms with Crippen LogP contribution in [0.2, 0.25) is 0 Å². The van der Waals surface area contributed by atoms with E-state index in [0.717, 1.165) is 18.2 Å². The van der Waals surface area contributed by atoms with Crippen molar-refractivity contribution in [2.24, 2.45) is 0 Å². The minimum absolute atomic E-state index is 0.0461. The van der Waals surface area contributed by atoms with Gasteiger partial charge in [0.2, 0.25) is 0 Å². The maximum absolute atomic E-state index is 13.0. The van der Waals surface area contributed by atoms with Gasteiger partial charge in [-0.25, -0.2) is 13.6 Å². The number of carbonyl (C=O) groups is 2. The second-order valence-electron chi connectivity index (χ2n) is 4.19. The van der Waals surface area contributed by atoms with Crippen LogP contribution in [0.15, 0.2) is 18.2 Å². The van der Waals surface area contributed by atoms with Gasteiger partial charge in [0, 0.05) is 13.2 Å². The Kier molecular flexibility index (Phi) is 6.04. The molecule has 0 fully saturated rings. The lowest BCUT2D eigenvalue weighted by molar-refractivity contribution is -0.144. The van der Waals surface area contributed by atoms with E-state index < -0.39 is 35.7 Å². The Bertz CT molecular complexity index is 523. The van der Waals surface area contributed by atoms with Crippen molar-refractivity contribution in [3.63, 3.8) is 0 Å². The Morgan fingerprint density at radius 1 is 1.33 bits per heavy atom. The molecule has 2 unspecified atom stereocenters. The topological polar surface area (TPSA) is 84.9 Å². The molecule has 2 N–H and O–H groups in total. The molecule has 21 heavy (non-hydrogen) atoms. The van der Waals surface area contributed by atoms with Gasteiger partial charge in [0.05, 0.1) is 6.61 Å². The van der Waals surface area contributed by atoms with E-state index in [9.17, 15) is 18.4 Å². The molecule has 8 heteroatoms. The third-order valence-electron chi connectivity index (χ3n) is 2.52. The molecule has 2 atom stereocenters. The van der Waals surface area contributed by atoms with E-state index in [-0.39, 0.29) is 12.4 Å². The Balaban J connectivity index is 2.65. The fourth-order valence-electron chi connectivity index (χ4n) is 1.44. The van der Waals surface area contributed by atoms with Crippen molar-refractivity contribution < 1.29 is 33.0 Å². The average Bonchev–Trinajstić information content (AvgIpc) is 2.42. The number of carbonyl (C=O) groups excluding carboxylic acids is 1. The van der Waals surface area contributed by atoms with Crippen molar-refractivity contribution in [3.05, 3.63) is 29.8 Å². The van der Waals surface area contributed by atoms with Crippen LogP contribution in [0.4, 0.5) is 8.78 Å². The smallest absolute Gasteiger partial charge is 0.328 e. The van der Waals surface area contributed by atoms with Crippen LogP contribution in [0.3, 0.4) is 0 Å². The molecule has 1 aromatic rings. The zero-order chi connectivity index (χ0) is 16.0. The van der Waals surface area contributed by atoms with Gasteiger partial charge in [0.25, 0.3) is 5.91 Å². The molecule has 0 saturated carbocycles. The molecule has 116 valence electrons. The molecular formula is C13H15F2NO5. The summed E-state index contributed by atoms with van der Waals surface area (Å²) in [5, 5.41) is 11.1. The number of carboxylic acids is 1. The number of rotatable bonds is 7. The zero-order valence-electron chi connectivity index (χ0n) is 11.4. The normalized spacial score (nSPS) is 13.3. The summed E-state index contributed by atoms with van der Waals surface area (Å²) < 4.78 is 35.5. The molecule has 0 spiro atoms. The summed E-state index contributed by atoms with van der Waals surface area (Å²) in [4.78, 5) is 22.6. The third kappa shape index (κ3) is 4.99. The van der Waals surface area contributed by atoms with Crippen molar-refractivity contribution in [3.8, 4) is 5.75 Å². The SMILES string of the molecule is COCC(NC(=O)C(C)Oc1ccc(F)c(F)c1)C(=O)O. The van der Waals surface area contributed by atoms with Gasteiger partial charge in [-0.1, -0.05) is 0 Å². The molecular weight excluding hydrogens is 288 g/mol. The van der Waals surface area contributed by atoms with Crippen LogP contribution >= 0.6 is 0 Å². The molecule has 0 saturated heterocycles. The Morgan fingerprint density at radius 2 is 2.00 bits per heavy atom. The lowest BCUT2D eigenvalue weighted by Crippen LogP contribution is -2.48. The van der Waals surface area contributed by atoms with E-state index >= 15 is 0 Å². The summed E-state index contributed by atoms with van der Waals surface area (Å²) in [7, 11) is 1.29. The number of carboxylic acid groups (broad SMARTS) is 1. The van der Waals surface area contributed by atoms with Crippen LogP contribution in [0, 0.1) is 11.6 Å². The first-order chi connectivity index (χ1) is 9.85. The summed E-state index contributed by atoms with van der Waals surface area (Å²) in [6.45, 7) is 1.14. The Hall–Kier alpha value is -2.22. The van der Waals surface area contributed by atoms with Gasteiger partial charge in [0.15, 0.2) is 23.8 Å². The van der Waals surface area contributed by atoms with Gasteiger partial charge in [-0.05, 0) is 19.1 Å². The van der Waals surface area contributed by atoms with Gasteiger partial charge >= 0.3 is 5.97 Å². The van der Waals surface area contributed by atoms with Crippen LogP contribution in [0.25, 0.3) is 0 Å². The number of aliphatic carboxylic acids is 1. The maximum Gasteiger partial charge on any atom is 0.328 e. The molecule has 0 heterocycles. The average molecular weight is 303 g/mol. The minimum Gasteiger partial charge on any atom is -0.481 e. The van der Waals surface area contributed by atoms with E-state index in [4.69, 9.17) is 9.84 Å². The predicted molar refractivity (Wildman–Crippen MR) is 67.9 cm³/mol. The molecule has 1 amide bonds. The second kappa shape index (κ2) is 7.53. The number of nitrogens with one attached hydrogen (secondary N) is 1. The lowest BCUT2D eigenvalue weighted by atomic mass is 10.2. The van der Waals surface area contributed by atoms with Crippen LogP contribution < -0.4 is 10.1 Å². The highest BCUT2D eigenvalue weighted by atomic mass is 19.2. The monoisotopic (exact) mass is 303 g/mol. The maximum atomic E-state index is 13.0. The summed E-state index contributed by atoms with van der Waals surface area (Å²) in [6.07, 6.45) is -1.09. The van der Waals surface area contributed by atoms with Crippen LogP contribution in [0.1, 0.15) is 6.92 Å². The lowest BCUT2D eigenvalue weighted by Gasteiger charge is -2.18. The highest BCUT2D eigenvalue weighted by Gasteiger charge is 2.24. The zero-order valence-corrected chi connectivity index (χ0v) is 11.4. The first-order valence-corrected chi connectivity index (χ1v) is 5.99. The van der Waals surface area contributed by atoms with Crippen molar-refractivity contribution in [1.82, 2.24) is 5.32 Å². The standard InChI is InChI=1S/C13H15F2NO5/c1-7(12(17)16-11(6-20-2)13(18)19)21-8-3-4-9(14)10(15)5-8/h3-5,7,11H,6H2,1-2H3,(H,16,17)(H,18,19). The summed E-state index contributed by atoms with van der Waals surface area (Å²) in [6, 6.07) is 1.59. The number of hydrogen-bond donors (Lipinski definition) is 2. The van der Waals surface area contributed by atoms with Gasteiger partial charge in [-0.2, -0.15) is 0 Å². The third-order valence-corrected chi connectivity index (χ3v) is 2.52. The molecule has 0 aliphatic carbocycles. The van der Waals surface area contributed by atoms with Gasteiger partial charge in [-0.15, -0.1) is 0 Å². The Labute approximate surface area is 119 Å². The fraction of sp³-hybridized carbons (Fsp3) is 0.385. The van der Waals surface area contributed by atoms with Crippen molar-refractivity contribution in [1.29, 1.82) is 0 Å². The highest BCUT2D eigenvalue weighted by Crippen LogP contribution is 2.16. The minimum atomic E-state index is -1.26. The van der Waals surface area contributed by atoms with E-state index in [1.165, 1.54) is 14.0 Å². The first-order valence-electron chi connectivity index (χ1n) is 5.99. The van der Waals surface area contributed by atoms with Crippen molar-refractivity contribution >= 4 is 11.9 Å². The molecule has 0 aromatic heterocycles. The number of methoxy groups -OCH3 is 1. The number of benzene rings is 1. The first kappa shape index (κ1) is 16.8. The molecule has 0 radical (unpaired) electrons. The quantitative estimate of drug-likeness (QED) is 0.783. The largest absolute Gasteiger partial charge is 0.481 e. The van der Waals surface area contributed by atoms with Crippen LogP contribution in [-0.2, 0) is 14.3 Å². The number of ether oxygens (including phenoxy) is 2. The van der Waals surface area contributed by atoms with Gasteiger partial charge in [0.1, 0.15) is 5.75 Å². The second-order valence-corrected chi connectivity index (χ2v) is 4.19. The molecule has 1 rings (SSSR count). The van der Waals surface area contributed by atoms with Crippen molar-refractivity contribution in [2.45, 2.75) is 19.1 Å². The summed E-state index contributed by atoms with van der Waals surface area (Å²) >= 11 is 0. The van der Waals surface area contributed by atoms with Crippen molar-refractivity contribution in [2.75, 3.05) is 13.7 Å². The van der Waals surface area contributed by atoms with E-state index in [2.05, 4.69) is 10.1 Å². The summed E-state index contributed by atoms with van der Waals surface area (Å²) in [5.41, 5.74) is 0. The molecule has 0 aliphatic heterocycles. The summed E-state index contributed by atoms with van der Waals surface area (Å²) in [5.74, 6) is -4.17. The van der Waals surface area contributed by atoms with Crippen LogP contribution in [-0.4, -0.2) is 42.8 Å². The van der Waals surface area contributed by atoms with E-state index in [1.54, 1.807) is 0 Å². The number of halogens is 2. The molecule has 6 nitrogen and oxygen atoms in total.